The van der Waals surface area contributed by atoms with Crippen molar-refractivity contribution < 1.29 is 19.2 Å². The molecule has 0 saturated heterocycles. The lowest BCUT2D eigenvalue weighted by Crippen LogP contribution is -2.29. The Kier molecular flexibility index (Phi) is 7.49. The average Bonchev–Trinajstić information content (AvgIpc) is 3.43. The number of non-ortho nitro benzene ring substituents is 1. The van der Waals surface area contributed by atoms with E-state index >= 15 is 0 Å². The molecule has 1 atom stereocenters. The molecule has 8 nitrogen and oxygen atoms in total. The SMILES string of the molecule is CC(C)(C)C1C/C(=C/c2cccs2)c2nc3ccccc3c(C(=O)OCC(=O)Nc3ccc([N+](=O)[O-])cc3)c2C1. The van der Waals surface area contributed by atoms with E-state index in [0.29, 0.717) is 28.6 Å². The van der Waals surface area contributed by atoms with Gasteiger partial charge in [0.2, 0.25) is 0 Å². The van der Waals surface area contributed by atoms with Crippen LogP contribution in [0, 0.1) is 21.4 Å². The van der Waals surface area contributed by atoms with Crippen LogP contribution in [-0.2, 0) is 16.0 Å². The first-order valence-electron chi connectivity index (χ1n) is 13.0. The van der Waals surface area contributed by atoms with Crippen molar-refractivity contribution in [2.75, 3.05) is 11.9 Å². The number of pyridine rings is 1. The molecule has 204 valence electrons. The van der Waals surface area contributed by atoms with Crippen LogP contribution in [0.3, 0.4) is 0 Å². The fourth-order valence-corrected chi connectivity index (χ4v) is 5.66. The van der Waals surface area contributed by atoms with E-state index in [1.54, 1.807) is 11.3 Å². The number of carbonyl (C=O) groups is 2. The van der Waals surface area contributed by atoms with E-state index in [1.807, 2.05) is 35.7 Å². The van der Waals surface area contributed by atoms with Gasteiger partial charge in [-0.05, 0) is 71.0 Å². The normalized spacial score (nSPS) is 16.0. The highest BCUT2D eigenvalue weighted by atomic mass is 32.1. The number of aromatic nitrogens is 1. The minimum absolute atomic E-state index is 0.0102. The summed E-state index contributed by atoms with van der Waals surface area (Å²) >= 11 is 1.65. The summed E-state index contributed by atoms with van der Waals surface area (Å²) < 4.78 is 5.56. The zero-order valence-electron chi connectivity index (χ0n) is 22.5. The molecule has 9 heteroatoms. The number of anilines is 1. The number of para-hydroxylation sites is 1. The van der Waals surface area contributed by atoms with Gasteiger partial charge in [-0.15, -0.1) is 11.3 Å². The second kappa shape index (κ2) is 11.0. The highest BCUT2D eigenvalue weighted by molar-refractivity contribution is 7.10. The molecule has 0 fully saturated rings. The van der Waals surface area contributed by atoms with Crippen LogP contribution in [0.5, 0.6) is 0 Å². The number of esters is 1. The maximum absolute atomic E-state index is 13.7. The monoisotopic (exact) mass is 555 g/mol. The van der Waals surface area contributed by atoms with E-state index in [4.69, 9.17) is 9.72 Å². The lowest BCUT2D eigenvalue weighted by molar-refractivity contribution is -0.384. The molecule has 5 rings (SSSR count). The quantitative estimate of drug-likeness (QED) is 0.154. The maximum Gasteiger partial charge on any atom is 0.339 e. The van der Waals surface area contributed by atoms with Gasteiger partial charge in [-0.2, -0.15) is 0 Å². The Morgan fingerprint density at radius 3 is 2.52 bits per heavy atom. The van der Waals surface area contributed by atoms with Crippen molar-refractivity contribution in [1.29, 1.82) is 0 Å². The van der Waals surface area contributed by atoms with Gasteiger partial charge in [0, 0.05) is 28.1 Å². The minimum atomic E-state index is -0.585. The molecule has 1 aliphatic rings. The molecule has 0 bridgehead atoms. The molecular formula is C31H29N3O5S. The molecule has 0 aliphatic heterocycles. The Labute approximate surface area is 235 Å². The Hall–Kier alpha value is -4.37. The smallest absolute Gasteiger partial charge is 0.339 e. The number of thiophene rings is 1. The number of carbonyl (C=O) groups excluding carboxylic acids is 2. The third kappa shape index (κ3) is 5.79. The Morgan fingerprint density at radius 2 is 1.85 bits per heavy atom. The van der Waals surface area contributed by atoms with E-state index in [0.717, 1.165) is 28.1 Å². The number of ether oxygens (including phenoxy) is 1. The Balaban J connectivity index is 1.48. The molecule has 1 aliphatic carbocycles. The van der Waals surface area contributed by atoms with Crippen LogP contribution in [0.15, 0.2) is 66.0 Å². The number of nitro benzene ring substituents is 1. The average molecular weight is 556 g/mol. The first-order valence-corrected chi connectivity index (χ1v) is 13.9. The largest absolute Gasteiger partial charge is 0.452 e. The third-order valence-corrected chi connectivity index (χ3v) is 8.02. The molecule has 1 N–H and O–H groups in total. The fraction of sp³-hybridized carbons (Fsp3) is 0.258. The summed E-state index contributed by atoms with van der Waals surface area (Å²) in [5.41, 5.74) is 4.13. The predicted molar refractivity (Wildman–Crippen MR) is 157 cm³/mol. The molecule has 2 aromatic carbocycles. The number of amides is 1. The molecule has 0 spiro atoms. The summed E-state index contributed by atoms with van der Waals surface area (Å²) in [6.07, 6.45) is 3.67. The second-order valence-electron chi connectivity index (χ2n) is 10.9. The van der Waals surface area contributed by atoms with Crippen LogP contribution in [-0.4, -0.2) is 28.4 Å². The van der Waals surface area contributed by atoms with Gasteiger partial charge in [0.15, 0.2) is 6.61 Å². The molecular weight excluding hydrogens is 526 g/mol. The molecule has 0 saturated carbocycles. The van der Waals surface area contributed by atoms with E-state index < -0.39 is 23.4 Å². The van der Waals surface area contributed by atoms with Crippen molar-refractivity contribution in [2.45, 2.75) is 33.6 Å². The molecule has 1 amide bonds. The van der Waals surface area contributed by atoms with Crippen molar-refractivity contribution in [3.63, 3.8) is 0 Å². The van der Waals surface area contributed by atoms with Gasteiger partial charge in [-0.3, -0.25) is 14.9 Å². The first-order chi connectivity index (χ1) is 19.1. The summed E-state index contributed by atoms with van der Waals surface area (Å²) in [5, 5.41) is 16.2. The molecule has 4 aromatic rings. The molecule has 2 aromatic heterocycles. The number of hydrogen-bond acceptors (Lipinski definition) is 7. The summed E-state index contributed by atoms with van der Waals surface area (Å²) in [5.74, 6) is -0.856. The number of nitro groups is 1. The second-order valence-corrected chi connectivity index (χ2v) is 11.9. The van der Waals surface area contributed by atoms with Gasteiger partial charge >= 0.3 is 5.97 Å². The number of rotatable bonds is 6. The van der Waals surface area contributed by atoms with E-state index in [1.165, 1.54) is 24.3 Å². The van der Waals surface area contributed by atoms with Crippen LogP contribution in [0.4, 0.5) is 11.4 Å². The Morgan fingerprint density at radius 1 is 1.10 bits per heavy atom. The van der Waals surface area contributed by atoms with Crippen LogP contribution in [0.2, 0.25) is 0 Å². The number of allylic oxidation sites excluding steroid dienone is 1. The van der Waals surface area contributed by atoms with Gasteiger partial charge in [0.05, 0.1) is 21.7 Å². The van der Waals surface area contributed by atoms with Crippen molar-refractivity contribution in [3.05, 3.63) is 97.9 Å². The van der Waals surface area contributed by atoms with Gasteiger partial charge in [-0.25, -0.2) is 9.78 Å². The van der Waals surface area contributed by atoms with Gasteiger partial charge in [0.1, 0.15) is 0 Å². The highest BCUT2D eigenvalue weighted by Gasteiger charge is 2.35. The maximum atomic E-state index is 13.7. The van der Waals surface area contributed by atoms with E-state index in [2.05, 4.69) is 38.2 Å². The zero-order valence-corrected chi connectivity index (χ0v) is 23.3. The number of benzene rings is 2. The van der Waals surface area contributed by atoms with E-state index in [9.17, 15) is 19.7 Å². The van der Waals surface area contributed by atoms with Gasteiger partial charge in [-0.1, -0.05) is 45.0 Å². The van der Waals surface area contributed by atoms with Crippen molar-refractivity contribution >= 4 is 57.1 Å². The highest BCUT2D eigenvalue weighted by Crippen LogP contribution is 2.45. The van der Waals surface area contributed by atoms with Crippen LogP contribution in [0.25, 0.3) is 22.6 Å². The van der Waals surface area contributed by atoms with Crippen molar-refractivity contribution in [1.82, 2.24) is 4.98 Å². The fourth-order valence-electron chi connectivity index (χ4n) is 4.98. The summed E-state index contributed by atoms with van der Waals surface area (Å²) in [6.45, 7) is 6.13. The minimum Gasteiger partial charge on any atom is -0.452 e. The van der Waals surface area contributed by atoms with Crippen LogP contribution in [0.1, 0.15) is 53.7 Å². The summed E-state index contributed by atoms with van der Waals surface area (Å²) in [7, 11) is 0. The molecule has 0 radical (unpaired) electrons. The van der Waals surface area contributed by atoms with Gasteiger partial charge in [0.25, 0.3) is 11.6 Å². The van der Waals surface area contributed by atoms with Gasteiger partial charge < -0.3 is 10.1 Å². The Bertz CT molecular complexity index is 1620. The van der Waals surface area contributed by atoms with E-state index in [-0.39, 0.29) is 17.0 Å². The predicted octanol–water partition coefficient (Wildman–Crippen LogP) is 7.15. The topological polar surface area (TPSA) is 111 Å². The lowest BCUT2D eigenvalue weighted by atomic mass is 9.69. The summed E-state index contributed by atoms with van der Waals surface area (Å²) in [6, 6.07) is 17.0. The van der Waals surface area contributed by atoms with Crippen LogP contribution >= 0.6 is 11.3 Å². The number of nitrogens with zero attached hydrogens (tertiary/aromatic N) is 2. The third-order valence-electron chi connectivity index (χ3n) is 7.20. The molecule has 40 heavy (non-hydrogen) atoms. The standard InChI is InChI=1S/C31H29N3O5S/c1-31(2,3)20-15-19(16-23-7-6-14-40-23)29-25(17-20)28(24-8-4-5-9-26(24)33-29)30(36)39-18-27(35)32-21-10-12-22(13-11-21)34(37)38/h4-14,16,20H,15,17-18H2,1-3H3,(H,32,35)/b19-16-. The van der Waals surface area contributed by atoms with Crippen LogP contribution < -0.4 is 5.32 Å². The van der Waals surface area contributed by atoms with Crippen molar-refractivity contribution in [2.24, 2.45) is 11.3 Å². The summed E-state index contributed by atoms with van der Waals surface area (Å²) in [4.78, 5) is 42.7. The lowest BCUT2D eigenvalue weighted by Gasteiger charge is -2.36. The number of hydrogen-bond donors (Lipinski definition) is 1. The molecule has 2 heterocycles. The first kappa shape index (κ1) is 27.2. The molecule has 1 unspecified atom stereocenters. The number of fused-ring (bicyclic) bond motifs is 2. The number of nitrogens with one attached hydrogen (secondary N) is 1. The zero-order chi connectivity index (χ0) is 28.4. The van der Waals surface area contributed by atoms with Crippen molar-refractivity contribution in [3.8, 4) is 0 Å².